The van der Waals surface area contributed by atoms with Gasteiger partial charge in [0.05, 0.1) is 5.69 Å². The van der Waals surface area contributed by atoms with Crippen molar-refractivity contribution in [1.29, 1.82) is 0 Å². The van der Waals surface area contributed by atoms with Crippen LogP contribution in [0.25, 0.3) is 0 Å². The van der Waals surface area contributed by atoms with E-state index in [2.05, 4.69) is 51.1 Å². The van der Waals surface area contributed by atoms with Crippen molar-refractivity contribution in [2.75, 3.05) is 23.3 Å². The number of nitrogens with one attached hydrogen (secondary N) is 1. The van der Waals surface area contributed by atoms with Crippen molar-refractivity contribution in [3.8, 4) is 0 Å². The summed E-state index contributed by atoms with van der Waals surface area (Å²) in [5, 5.41) is 20.2. The average Bonchev–Trinajstić information content (AvgIpc) is 3.00. The van der Waals surface area contributed by atoms with Crippen molar-refractivity contribution < 1.29 is 4.79 Å². The third-order valence-electron chi connectivity index (χ3n) is 3.31. The molecule has 8 heteroatoms. The van der Waals surface area contributed by atoms with Gasteiger partial charge in [-0.25, -0.2) is 0 Å². The van der Waals surface area contributed by atoms with Crippen molar-refractivity contribution in [1.82, 2.24) is 10.2 Å². The van der Waals surface area contributed by atoms with E-state index in [1.807, 2.05) is 25.1 Å². The highest BCUT2D eigenvalue weighted by atomic mass is 32.1. The molecule has 2 rings (SSSR count). The largest absolute Gasteiger partial charge is 0.372 e. The fraction of sp³-hybridized carbons (Fsp3) is 0.312. The van der Waals surface area contributed by atoms with Crippen LogP contribution in [0.2, 0.25) is 0 Å². The average molecular weight is 344 g/mol. The molecule has 1 aromatic carbocycles. The van der Waals surface area contributed by atoms with E-state index in [4.69, 9.17) is 0 Å². The van der Waals surface area contributed by atoms with Crippen LogP contribution in [0.4, 0.5) is 22.2 Å². The second-order valence-corrected chi connectivity index (χ2v) is 6.03. The summed E-state index contributed by atoms with van der Waals surface area (Å²) in [5.41, 5.74) is 2.13. The third kappa shape index (κ3) is 4.45. The van der Waals surface area contributed by atoms with Gasteiger partial charge < -0.3 is 10.2 Å². The van der Waals surface area contributed by atoms with E-state index >= 15 is 0 Å². The van der Waals surface area contributed by atoms with E-state index in [0.29, 0.717) is 16.5 Å². The summed E-state index contributed by atoms with van der Waals surface area (Å²) in [6.45, 7) is 11.2. The van der Waals surface area contributed by atoms with E-state index in [1.165, 1.54) is 17.4 Å². The van der Waals surface area contributed by atoms with Crippen LogP contribution in [0.1, 0.15) is 18.9 Å². The standard InChI is InChI=1S/C16H20N6OS/c1-5-15(23)17-14-10-12(22(6-2)7-3)8-9-13(14)19-21-16-20-18-11(4)24-16/h5,8-10H,1,6-7H2,2-4H3,(H,17,23). The molecule has 0 unspecified atom stereocenters. The van der Waals surface area contributed by atoms with E-state index in [-0.39, 0.29) is 5.91 Å². The molecule has 1 heterocycles. The van der Waals surface area contributed by atoms with Crippen LogP contribution in [-0.2, 0) is 4.79 Å². The van der Waals surface area contributed by atoms with Crippen LogP contribution in [0.5, 0.6) is 0 Å². The lowest BCUT2D eigenvalue weighted by Crippen LogP contribution is -2.21. The van der Waals surface area contributed by atoms with Gasteiger partial charge in [-0.1, -0.05) is 17.9 Å². The Hall–Kier alpha value is -2.61. The highest BCUT2D eigenvalue weighted by Crippen LogP contribution is 2.32. The molecule has 0 aliphatic carbocycles. The number of anilines is 2. The zero-order chi connectivity index (χ0) is 17.5. The van der Waals surface area contributed by atoms with E-state index in [9.17, 15) is 4.79 Å². The van der Waals surface area contributed by atoms with Crippen LogP contribution in [0.15, 0.2) is 41.1 Å². The molecule has 0 atom stereocenters. The summed E-state index contributed by atoms with van der Waals surface area (Å²) in [5.74, 6) is -0.296. The first kappa shape index (κ1) is 17.7. The smallest absolute Gasteiger partial charge is 0.251 e. The minimum Gasteiger partial charge on any atom is -0.372 e. The minimum atomic E-state index is -0.296. The van der Waals surface area contributed by atoms with Crippen LogP contribution in [0.3, 0.4) is 0 Å². The number of carbonyl (C=O) groups excluding carboxylic acids is 1. The molecule has 0 saturated heterocycles. The SMILES string of the molecule is C=CC(=O)Nc1cc(N(CC)CC)ccc1N=Nc1nnc(C)s1. The Morgan fingerprint density at radius 2 is 2.08 bits per heavy atom. The molecule has 7 nitrogen and oxygen atoms in total. The van der Waals surface area contributed by atoms with Crippen LogP contribution < -0.4 is 10.2 Å². The van der Waals surface area contributed by atoms with Crippen molar-refractivity contribution >= 4 is 39.4 Å². The predicted molar refractivity (Wildman–Crippen MR) is 97.7 cm³/mol. The third-order valence-corrected chi connectivity index (χ3v) is 4.03. The number of hydrogen-bond acceptors (Lipinski definition) is 7. The molecule has 0 bridgehead atoms. The van der Waals surface area contributed by atoms with E-state index in [0.717, 1.165) is 23.8 Å². The van der Waals surface area contributed by atoms with Gasteiger partial charge in [0.25, 0.3) is 5.13 Å². The molecular weight excluding hydrogens is 324 g/mol. The maximum Gasteiger partial charge on any atom is 0.251 e. The lowest BCUT2D eigenvalue weighted by Gasteiger charge is -2.22. The fourth-order valence-corrected chi connectivity index (χ4v) is 2.61. The van der Waals surface area contributed by atoms with Gasteiger partial charge in [0.1, 0.15) is 10.7 Å². The maximum atomic E-state index is 11.7. The van der Waals surface area contributed by atoms with Gasteiger partial charge in [-0.2, -0.15) is 0 Å². The molecule has 1 aromatic heterocycles. The Morgan fingerprint density at radius 3 is 2.67 bits per heavy atom. The van der Waals surface area contributed by atoms with Crippen LogP contribution >= 0.6 is 11.3 Å². The summed E-state index contributed by atoms with van der Waals surface area (Å²) < 4.78 is 0. The van der Waals surface area contributed by atoms with Gasteiger partial charge in [-0.15, -0.1) is 20.4 Å². The Balaban J connectivity index is 2.35. The molecular formula is C16H20N6OS. The first-order valence-corrected chi connectivity index (χ1v) is 8.43. The molecule has 24 heavy (non-hydrogen) atoms. The number of aryl methyl sites for hydroxylation is 1. The normalized spacial score (nSPS) is 10.8. The summed E-state index contributed by atoms with van der Waals surface area (Å²) in [6.07, 6.45) is 1.22. The Bertz CT molecular complexity index is 751. The number of aromatic nitrogens is 2. The van der Waals surface area contributed by atoms with E-state index < -0.39 is 0 Å². The van der Waals surface area contributed by atoms with Gasteiger partial charge >= 0.3 is 0 Å². The van der Waals surface area contributed by atoms with Gasteiger partial charge in [-0.05, 0) is 45.0 Å². The number of nitrogens with zero attached hydrogens (tertiary/aromatic N) is 5. The number of hydrogen-bond donors (Lipinski definition) is 1. The molecule has 1 amide bonds. The highest BCUT2D eigenvalue weighted by Gasteiger charge is 2.09. The monoisotopic (exact) mass is 344 g/mol. The molecule has 0 aliphatic rings. The number of carbonyl (C=O) groups is 1. The Labute approximate surface area is 145 Å². The minimum absolute atomic E-state index is 0.296. The van der Waals surface area contributed by atoms with Gasteiger partial charge in [0.15, 0.2) is 0 Å². The lowest BCUT2D eigenvalue weighted by molar-refractivity contribution is -0.111. The van der Waals surface area contributed by atoms with E-state index in [1.54, 1.807) is 0 Å². The first-order valence-electron chi connectivity index (χ1n) is 7.61. The van der Waals surface area contributed by atoms with Gasteiger partial charge in [-0.3, -0.25) is 4.79 Å². The molecule has 126 valence electrons. The molecule has 2 aromatic rings. The van der Waals surface area contributed by atoms with Crippen molar-refractivity contribution in [3.05, 3.63) is 35.9 Å². The second kappa shape index (κ2) is 8.30. The van der Waals surface area contributed by atoms with Crippen LogP contribution in [-0.4, -0.2) is 29.2 Å². The topological polar surface area (TPSA) is 82.8 Å². The number of amides is 1. The van der Waals surface area contributed by atoms with Gasteiger partial charge in [0.2, 0.25) is 5.91 Å². The van der Waals surface area contributed by atoms with Gasteiger partial charge in [0, 0.05) is 18.8 Å². The first-order chi connectivity index (χ1) is 11.6. The molecule has 1 N–H and O–H groups in total. The number of azo groups is 1. The predicted octanol–water partition coefficient (Wildman–Crippen LogP) is 4.23. The molecule has 0 radical (unpaired) electrons. The summed E-state index contributed by atoms with van der Waals surface area (Å²) in [6, 6.07) is 5.66. The highest BCUT2D eigenvalue weighted by molar-refractivity contribution is 7.14. The molecule has 0 aliphatic heterocycles. The molecule has 0 spiro atoms. The zero-order valence-corrected chi connectivity index (χ0v) is 14.8. The number of benzene rings is 1. The van der Waals surface area contributed by atoms with Crippen molar-refractivity contribution in [3.63, 3.8) is 0 Å². The molecule has 0 saturated carbocycles. The van der Waals surface area contributed by atoms with Crippen LogP contribution in [0, 0.1) is 6.92 Å². The van der Waals surface area contributed by atoms with Crippen molar-refractivity contribution in [2.24, 2.45) is 10.2 Å². The number of rotatable bonds is 7. The summed E-state index contributed by atoms with van der Waals surface area (Å²) in [7, 11) is 0. The summed E-state index contributed by atoms with van der Waals surface area (Å²) in [4.78, 5) is 13.9. The van der Waals surface area contributed by atoms with Crippen molar-refractivity contribution in [2.45, 2.75) is 20.8 Å². The quantitative estimate of drug-likeness (QED) is 0.602. The second-order valence-electron chi connectivity index (χ2n) is 4.87. The molecule has 0 fully saturated rings. The Morgan fingerprint density at radius 1 is 1.33 bits per heavy atom. The Kier molecular flexibility index (Phi) is 6.14. The zero-order valence-electron chi connectivity index (χ0n) is 14.0. The lowest BCUT2D eigenvalue weighted by atomic mass is 10.2. The fourth-order valence-electron chi connectivity index (χ4n) is 2.10. The maximum absolute atomic E-state index is 11.7. The summed E-state index contributed by atoms with van der Waals surface area (Å²) >= 11 is 1.35.